The van der Waals surface area contributed by atoms with Gasteiger partial charge in [-0.1, -0.05) is 35.9 Å². The molecule has 0 bridgehead atoms. The van der Waals surface area contributed by atoms with Gasteiger partial charge in [-0.3, -0.25) is 9.78 Å². The van der Waals surface area contributed by atoms with Gasteiger partial charge in [-0.15, -0.1) is 0 Å². The van der Waals surface area contributed by atoms with Gasteiger partial charge >= 0.3 is 0 Å². The van der Waals surface area contributed by atoms with Crippen LogP contribution in [0, 0.1) is 0 Å². The third kappa shape index (κ3) is 3.62. The fraction of sp³-hybridized carbons (Fsp3) is 0.238. The maximum Gasteiger partial charge on any atom is 0.272 e. The van der Waals surface area contributed by atoms with Crippen molar-refractivity contribution < 1.29 is 13.2 Å². The van der Waals surface area contributed by atoms with Crippen molar-refractivity contribution in [3.05, 3.63) is 71.5 Å². The Bertz CT molecular complexity index is 1120. The minimum Gasteiger partial charge on any atom is -0.337 e. The summed E-state index contributed by atoms with van der Waals surface area (Å²) in [6.45, 7) is 0.787. The second kappa shape index (κ2) is 7.53. The lowest BCUT2D eigenvalue weighted by Crippen LogP contribution is -2.42. The largest absolute Gasteiger partial charge is 0.337 e. The molecule has 144 valence electrons. The number of hydrogen-bond donors (Lipinski definition) is 0. The molecule has 1 aliphatic heterocycles. The van der Waals surface area contributed by atoms with E-state index in [9.17, 15) is 13.2 Å². The normalized spacial score (nSPS) is 15.7. The fourth-order valence-corrected chi connectivity index (χ4v) is 5.41. The number of carbonyl (C=O) groups excluding carboxylic acids is 1. The van der Waals surface area contributed by atoms with Crippen LogP contribution in [0.3, 0.4) is 0 Å². The molecule has 28 heavy (non-hydrogen) atoms. The van der Waals surface area contributed by atoms with E-state index in [4.69, 9.17) is 11.6 Å². The summed E-state index contributed by atoms with van der Waals surface area (Å²) >= 11 is 5.85. The standard InChI is InChI=1S/C21H19ClN2O3S/c22-17-5-7-18(8-6-17)28(26,27)19-9-11-24(12-10-19)21(25)20-13-15-3-1-2-4-16(15)14-23-20/h1-8,13-14,19H,9-12H2. The lowest BCUT2D eigenvalue weighted by atomic mass is 10.1. The minimum atomic E-state index is -3.43. The van der Waals surface area contributed by atoms with Gasteiger partial charge in [0.2, 0.25) is 0 Å². The highest BCUT2D eigenvalue weighted by Gasteiger charge is 2.33. The van der Waals surface area contributed by atoms with Crippen LogP contribution in [0.2, 0.25) is 5.02 Å². The molecule has 0 unspecified atom stereocenters. The Balaban J connectivity index is 1.47. The molecule has 7 heteroatoms. The number of halogens is 1. The minimum absolute atomic E-state index is 0.159. The molecule has 1 aliphatic rings. The molecule has 0 radical (unpaired) electrons. The molecular formula is C21H19ClN2O3S. The van der Waals surface area contributed by atoms with E-state index in [0.29, 0.717) is 36.6 Å². The van der Waals surface area contributed by atoms with Crippen LogP contribution in [-0.4, -0.2) is 42.5 Å². The molecule has 0 atom stereocenters. The number of pyridine rings is 1. The van der Waals surface area contributed by atoms with Crippen LogP contribution in [0.15, 0.2) is 65.7 Å². The number of fused-ring (bicyclic) bond motifs is 1. The number of sulfone groups is 1. The molecule has 3 aromatic rings. The van der Waals surface area contributed by atoms with Gasteiger partial charge in [-0.25, -0.2) is 8.42 Å². The highest BCUT2D eigenvalue weighted by Crippen LogP contribution is 2.26. The van der Waals surface area contributed by atoms with Crippen LogP contribution in [0.4, 0.5) is 0 Å². The summed E-state index contributed by atoms with van der Waals surface area (Å²) in [6.07, 6.45) is 2.51. The summed E-state index contributed by atoms with van der Waals surface area (Å²) in [6, 6.07) is 15.8. The molecule has 1 amide bonds. The smallest absolute Gasteiger partial charge is 0.272 e. The molecule has 2 heterocycles. The topological polar surface area (TPSA) is 67.3 Å². The molecule has 0 aliphatic carbocycles. The first-order valence-corrected chi connectivity index (χ1v) is 11.0. The van der Waals surface area contributed by atoms with Gasteiger partial charge in [0, 0.05) is 29.7 Å². The van der Waals surface area contributed by atoms with E-state index in [0.717, 1.165) is 10.8 Å². The summed E-state index contributed by atoms with van der Waals surface area (Å²) in [7, 11) is -3.43. The van der Waals surface area contributed by atoms with Crippen LogP contribution in [-0.2, 0) is 9.84 Å². The summed E-state index contributed by atoms with van der Waals surface area (Å²) < 4.78 is 25.7. The quantitative estimate of drug-likeness (QED) is 0.650. The van der Waals surface area contributed by atoms with E-state index in [2.05, 4.69) is 4.98 Å². The van der Waals surface area contributed by atoms with E-state index in [1.54, 1.807) is 29.3 Å². The van der Waals surface area contributed by atoms with Crippen molar-refractivity contribution in [3.8, 4) is 0 Å². The molecule has 1 aromatic heterocycles. The number of likely N-dealkylation sites (tertiary alicyclic amines) is 1. The van der Waals surface area contributed by atoms with Crippen LogP contribution >= 0.6 is 11.6 Å². The molecule has 0 saturated carbocycles. The molecular weight excluding hydrogens is 396 g/mol. The molecule has 0 spiro atoms. The Morgan fingerprint density at radius 2 is 1.64 bits per heavy atom. The Morgan fingerprint density at radius 1 is 1.00 bits per heavy atom. The third-order valence-corrected chi connectivity index (χ3v) is 7.69. The average molecular weight is 415 g/mol. The number of aromatic nitrogens is 1. The van der Waals surface area contributed by atoms with Gasteiger partial charge in [0.1, 0.15) is 5.69 Å². The Labute approximate surface area is 168 Å². The van der Waals surface area contributed by atoms with Crippen LogP contribution in [0.1, 0.15) is 23.3 Å². The number of rotatable bonds is 3. The molecule has 2 aromatic carbocycles. The third-order valence-electron chi connectivity index (χ3n) is 5.16. The molecule has 1 saturated heterocycles. The van der Waals surface area contributed by atoms with E-state index >= 15 is 0 Å². The van der Waals surface area contributed by atoms with Crippen molar-refractivity contribution in [1.29, 1.82) is 0 Å². The van der Waals surface area contributed by atoms with Gasteiger partial charge < -0.3 is 4.90 Å². The number of nitrogens with zero attached hydrogens (tertiary/aromatic N) is 2. The number of benzene rings is 2. The summed E-state index contributed by atoms with van der Waals surface area (Å²) in [5.41, 5.74) is 0.387. The van der Waals surface area contributed by atoms with Crippen molar-refractivity contribution in [2.24, 2.45) is 0 Å². The first kappa shape index (κ1) is 18.9. The maximum atomic E-state index is 12.8. The van der Waals surface area contributed by atoms with Gasteiger partial charge in [-0.05, 0) is 48.6 Å². The average Bonchev–Trinajstić information content (AvgIpc) is 2.73. The lowest BCUT2D eigenvalue weighted by molar-refractivity contribution is 0.0720. The van der Waals surface area contributed by atoms with Crippen molar-refractivity contribution in [2.45, 2.75) is 23.0 Å². The second-order valence-electron chi connectivity index (χ2n) is 6.91. The number of hydrogen-bond acceptors (Lipinski definition) is 4. The summed E-state index contributed by atoms with van der Waals surface area (Å²) in [5, 5.41) is 1.94. The molecule has 5 nitrogen and oxygen atoms in total. The maximum absolute atomic E-state index is 12.8. The first-order chi connectivity index (χ1) is 13.4. The summed E-state index contributed by atoms with van der Waals surface area (Å²) in [5.74, 6) is -0.159. The first-order valence-electron chi connectivity index (χ1n) is 9.09. The predicted octanol–water partition coefficient (Wildman–Crippen LogP) is 3.97. The monoisotopic (exact) mass is 414 g/mol. The second-order valence-corrected chi connectivity index (χ2v) is 9.57. The van der Waals surface area contributed by atoms with Gasteiger partial charge in [0.05, 0.1) is 10.1 Å². The van der Waals surface area contributed by atoms with Crippen molar-refractivity contribution in [3.63, 3.8) is 0 Å². The van der Waals surface area contributed by atoms with Crippen molar-refractivity contribution >= 4 is 38.1 Å². The van der Waals surface area contributed by atoms with E-state index in [1.807, 2.05) is 24.3 Å². The van der Waals surface area contributed by atoms with E-state index in [1.165, 1.54) is 12.1 Å². The van der Waals surface area contributed by atoms with Gasteiger partial charge in [0.25, 0.3) is 5.91 Å². The SMILES string of the molecule is O=C(c1cc2ccccc2cn1)N1CCC(S(=O)(=O)c2ccc(Cl)cc2)CC1. The zero-order chi connectivity index (χ0) is 19.7. The van der Waals surface area contributed by atoms with E-state index in [-0.39, 0.29) is 10.8 Å². The van der Waals surface area contributed by atoms with Gasteiger partial charge in [-0.2, -0.15) is 0 Å². The zero-order valence-corrected chi connectivity index (χ0v) is 16.7. The molecule has 1 fully saturated rings. The predicted molar refractivity (Wildman–Crippen MR) is 109 cm³/mol. The highest BCUT2D eigenvalue weighted by atomic mass is 35.5. The Morgan fingerprint density at radius 3 is 2.32 bits per heavy atom. The highest BCUT2D eigenvalue weighted by molar-refractivity contribution is 7.92. The molecule has 0 N–H and O–H groups in total. The number of piperidine rings is 1. The van der Waals surface area contributed by atoms with Crippen LogP contribution in [0.5, 0.6) is 0 Å². The lowest BCUT2D eigenvalue weighted by Gasteiger charge is -2.31. The van der Waals surface area contributed by atoms with Gasteiger partial charge in [0.15, 0.2) is 9.84 Å². The number of amides is 1. The fourth-order valence-electron chi connectivity index (χ4n) is 3.55. The van der Waals surface area contributed by atoms with Crippen molar-refractivity contribution in [1.82, 2.24) is 9.88 Å². The molecule has 4 rings (SSSR count). The Kier molecular flexibility index (Phi) is 5.08. The van der Waals surface area contributed by atoms with Crippen molar-refractivity contribution in [2.75, 3.05) is 13.1 Å². The summed E-state index contributed by atoms with van der Waals surface area (Å²) in [4.78, 5) is 19.1. The zero-order valence-electron chi connectivity index (χ0n) is 15.1. The Hall–Kier alpha value is -2.44. The van der Waals surface area contributed by atoms with Crippen LogP contribution < -0.4 is 0 Å². The number of carbonyl (C=O) groups is 1. The van der Waals surface area contributed by atoms with E-state index < -0.39 is 15.1 Å². The van der Waals surface area contributed by atoms with Crippen LogP contribution in [0.25, 0.3) is 10.8 Å².